The summed E-state index contributed by atoms with van der Waals surface area (Å²) in [5.74, 6) is -0.594. The largest absolute Gasteiger partial charge is 0.494 e. The Labute approximate surface area is 182 Å². The second kappa shape index (κ2) is 11.4. The van der Waals surface area contributed by atoms with E-state index in [1.165, 1.54) is 11.6 Å². The Bertz CT molecular complexity index is 1030. The maximum absolute atomic E-state index is 12.6. The number of carboxylic acids is 1. The molecule has 5 heteroatoms. The molecule has 0 heterocycles. The molecule has 0 saturated heterocycles. The molecule has 3 aromatic carbocycles. The lowest BCUT2D eigenvalue weighted by Crippen LogP contribution is -2.12. The maximum Gasteiger partial charge on any atom is 0.328 e. The maximum atomic E-state index is 12.6. The number of benzene rings is 3. The molecule has 0 aliphatic carbocycles. The van der Waals surface area contributed by atoms with Crippen LogP contribution >= 0.6 is 0 Å². The summed E-state index contributed by atoms with van der Waals surface area (Å²) in [6, 6.07) is 24.4. The fraction of sp³-hybridized carbons (Fsp3) is 0.154. The number of nitrogens with one attached hydrogen (secondary N) is 1. The Morgan fingerprint density at radius 2 is 1.58 bits per heavy atom. The van der Waals surface area contributed by atoms with E-state index >= 15 is 0 Å². The highest BCUT2D eigenvalue weighted by Gasteiger charge is 2.08. The van der Waals surface area contributed by atoms with E-state index < -0.39 is 5.97 Å². The molecule has 0 unspecified atom stereocenters. The van der Waals surface area contributed by atoms with Gasteiger partial charge in [-0.25, -0.2) is 4.79 Å². The predicted octanol–water partition coefficient (Wildman–Crippen LogP) is 5.44. The smallest absolute Gasteiger partial charge is 0.328 e. The molecule has 0 aliphatic heterocycles. The standard InChI is InChI=1S/C26H25NO4/c28-25(29)18-15-21-11-4-5-12-24(21)27-26(30)22-13-16-23(17-14-22)31-19-7-6-10-20-8-2-1-3-9-20/h1-5,8-9,11-18H,6-7,10,19H2,(H,27,30)(H,28,29). The highest BCUT2D eigenvalue weighted by atomic mass is 16.5. The summed E-state index contributed by atoms with van der Waals surface area (Å²) >= 11 is 0. The van der Waals surface area contributed by atoms with Crippen LogP contribution < -0.4 is 10.1 Å². The zero-order valence-corrected chi connectivity index (χ0v) is 17.2. The quantitative estimate of drug-likeness (QED) is 0.342. The summed E-state index contributed by atoms with van der Waals surface area (Å²) in [5, 5.41) is 11.6. The Balaban J connectivity index is 1.48. The molecule has 0 saturated carbocycles. The van der Waals surface area contributed by atoms with Crippen molar-refractivity contribution in [1.29, 1.82) is 0 Å². The van der Waals surface area contributed by atoms with Crippen LogP contribution in [-0.2, 0) is 11.2 Å². The van der Waals surface area contributed by atoms with Crippen molar-refractivity contribution in [2.75, 3.05) is 11.9 Å². The topological polar surface area (TPSA) is 75.6 Å². The van der Waals surface area contributed by atoms with Gasteiger partial charge in [-0.05, 0) is 66.8 Å². The Morgan fingerprint density at radius 1 is 0.871 bits per heavy atom. The molecule has 158 valence electrons. The molecule has 0 radical (unpaired) electrons. The second-order valence-corrected chi connectivity index (χ2v) is 7.03. The van der Waals surface area contributed by atoms with Crippen LogP contribution in [0.5, 0.6) is 5.75 Å². The summed E-state index contributed by atoms with van der Waals surface area (Å²) < 4.78 is 5.77. The van der Waals surface area contributed by atoms with Gasteiger partial charge in [0, 0.05) is 17.3 Å². The third-order valence-corrected chi connectivity index (χ3v) is 4.70. The fourth-order valence-electron chi connectivity index (χ4n) is 3.08. The van der Waals surface area contributed by atoms with Crippen LogP contribution in [0.1, 0.15) is 34.3 Å². The fourth-order valence-corrected chi connectivity index (χ4v) is 3.08. The number of aliphatic carboxylic acids is 1. The number of unbranched alkanes of at least 4 members (excludes halogenated alkanes) is 1. The number of aryl methyl sites for hydroxylation is 1. The van der Waals surface area contributed by atoms with Crippen LogP contribution in [0.3, 0.4) is 0 Å². The molecule has 31 heavy (non-hydrogen) atoms. The molecule has 5 nitrogen and oxygen atoms in total. The normalized spacial score (nSPS) is 10.7. The van der Waals surface area contributed by atoms with Gasteiger partial charge in [-0.3, -0.25) is 4.79 Å². The van der Waals surface area contributed by atoms with Gasteiger partial charge in [-0.15, -0.1) is 0 Å². The van der Waals surface area contributed by atoms with E-state index in [-0.39, 0.29) is 5.91 Å². The predicted molar refractivity (Wildman–Crippen MR) is 122 cm³/mol. The van der Waals surface area contributed by atoms with Crippen LogP contribution in [0, 0.1) is 0 Å². The average Bonchev–Trinajstić information content (AvgIpc) is 2.79. The molecular formula is C26H25NO4. The van der Waals surface area contributed by atoms with E-state index in [1.54, 1.807) is 48.5 Å². The minimum absolute atomic E-state index is 0.273. The third-order valence-electron chi connectivity index (χ3n) is 4.70. The van der Waals surface area contributed by atoms with Gasteiger partial charge in [0.25, 0.3) is 5.91 Å². The number of para-hydroxylation sites is 1. The Morgan fingerprint density at radius 3 is 2.32 bits per heavy atom. The molecular weight excluding hydrogens is 390 g/mol. The Hall–Kier alpha value is -3.86. The minimum atomic E-state index is -1.04. The van der Waals surface area contributed by atoms with Crippen molar-refractivity contribution in [3.05, 3.63) is 102 Å². The molecule has 0 bridgehead atoms. The molecule has 3 aromatic rings. The number of carbonyl (C=O) groups excluding carboxylic acids is 1. The first kappa shape index (κ1) is 21.8. The highest BCUT2D eigenvalue weighted by Crippen LogP contribution is 2.19. The number of rotatable bonds is 10. The number of carbonyl (C=O) groups is 2. The van der Waals surface area contributed by atoms with E-state index in [4.69, 9.17) is 9.84 Å². The molecule has 0 fully saturated rings. The Kier molecular flexibility index (Phi) is 8.00. The monoisotopic (exact) mass is 415 g/mol. The highest BCUT2D eigenvalue weighted by molar-refractivity contribution is 6.05. The zero-order chi connectivity index (χ0) is 21.9. The van der Waals surface area contributed by atoms with Crippen molar-refractivity contribution in [1.82, 2.24) is 0 Å². The van der Waals surface area contributed by atoms with Gasteiger partial charge in [0.2, 0.25) is 0 Å². The van der Waals surface area contributed by atoms with E-state index in [0.717, 1.165) is 31.1 Å². The number of anilines is 1. The molecule has 2 N–H and O–H groups in total. The second-order valence-electron chi connectivity index (χ2n) is 7.03. The number of amides is 1. The van der Waals surface area contributed by atoms with Crippen molar-refractivity contribution >= 4 is 23.6 Å². The first-order chi connectivity index (χ1) is 15.1. The lowest BCUT2D eigenvalue weighted by molar-refractivity contribution is -0.131. The molecule has 1 amide bonds. The molecule has 3 rings (SSSR count). The van der Waals surface area contributed by atoms with Gasteiger partial charge >= 0.3 is 5.97 Å². The summed E-state index contributed by atoms with van der Waals surface area (Å²) in [7, 11) is 0. The van der Waals surface area contributed by atoms with Crippen LogP contribution in [-0.4, -0.2) is 23.6 Å². The van der Waals surface area contributed by atoms with Gasteiger partial charge in [-0.2, -0.15) is 0 Å². The van der Waals surface area contributed by atoms with Gasteiger partial charge in [-0.1, -0.05) is 48.5 Å². The van der Waals surface area contributed by atoms with Gasteiger partial charge in [0.1, 0.15) is 5.75 Å². The van der Waals surface area contributed by atoms with Gasteiger partial charge in [0.15, 0.2) is 0 Å². The number of ether oxygens (including phenoxy) is 1. The van der Waals surface area contributed by atoms with E-state index in [9.17, 15) is 9.59 Å². The van der Waals surface area contributed by atoms with Crippen molar-refractivity contribution in [3.63, 3.8) is 0 Å². The van der Waals surface area contributed by atoms with Crippen molar-refractivity contribution in [3.8, 4) is 5.75 Å². The van der Waals surface area contributed by atoms with Crippen molar-refractivity contribution in [2.45, 2.75) is 19.3 Å². The SMILES string of the molecule is O=C(O)C=Cc1ccccc1NC(=O)c1ccc(OCCCCc2ccccc2)cc1. The van der Waals surface area contributed by atoms with E-state index in [1.807, 2.05) is 6.07 Å². The van der Waals surface area contributed by atoms with Crippen LogP contribution in [0.25, 0.3) is 6.08 Å². The molecule has 0 spiro atoms. The average molecular weight is 415 g/mol. The van der Waals surface area contributed by atoms with E-state index in [0.29, 0.717) is 23.4 Å². The first-order valence-corrected chi connectivity index (χ1v) is 10.2. The molecule has 0 aliphatic rings. The minimum Gasteiger partial charge on any atom is -0.494 e. The summed E-state index contributed by atoms with van der Waals surface area (Å²) in [5.41, 5.74) is 2.99. The molecule has 0 aromatic heterocycles. The lowest BCUT2D eigenvalue weighted by atomic mass is 10.1. The summed E-state index contributed by atoms with van der Waals surface area (Å²) in [4.78, 5) is 23.3. The number of hydrogen-bond donors (Lipinski definition) is 2. The van der Waals surface area contributed by atoms with Gasteiger partial charge < -0.3 is 15.2 Å². The van der Waals surface area contributed by atoms with Gasteiger partial charge in [0.05, 0.1) is 6.61 Å². The third kappa shape index (κ3) is 7.16. The lowest BCUT2D eigenvalue weighted by Gasteiger charge is -2.10. The van der Waals surface area contributed by atoms with Crippen LogP contribution in [0.15, 0.2) is 84.9 Å². The van der Waals surface area contributed by atoms with Crippen molar-refractivity contribution < 1.29 is 19.4 Å². The zero-order valence-electron chi connectivity index (χ0n) is 17.2. The van der Waals surface area contributed by atoms with Crippen LogP contribution in [0.4, 0.5) is 5.69 Å². The van der Waals surface area contributed by atoms with E-state index in [2.05, 4.69) is 29.6 Å². The molecule has 0 atom stereocenters. The summed E-state index contributed by atoms with van der Waals surface area (Å²) in [6.07, 6.45) is 5.54. The van der Waals surface area contributed by atoms with Crippen molar-refractivity contribution in [2.24, 2.45) is 0 Å². The number of hydrogen-bond acceptors (Lipinski definition) is 3. The first-order valence-electron chi connectivity index (χ1n) is 10.2. The summed E-state index contributed by atoms with van der Waals surface area (Å²) in [6.45, 7) is 0.627. The van der Waals surface area contributed by atoms with Crippen LogP contribution in [0.2, 0.25) is 0 Å². The number of carboxylic acid groups (broad SMARTS) is 1.